The maximum atomic E-state index is 6.31. The van der Waals surface area contributed by atoms with Crippen molar-refractivity contribution in [3.63, 3.8) is 0 Å². The van der Waals surface area contributed by atoms with Crippen LogP contribution in [0.25, 0.3) is 5.69 Å². The van der Waals surface area contributed by atoms with Crippen LogP contribution < -0.4 is 5.73 Å². The topological polar surface area (TPSA) is 43.8 Å². The zero-order valence-corrected chi connectivity index (χ0v) is 12.5. The zero-order valence-electron chi connectivity index (χ0n) is 11.7. The maximum absolute atomic E-state index is 6.31. The van der Waals surface area contributed by atoms with E-state index in [9.17, 15) is 0 Å². The molecule has 0 bridgehead atoms. The lowest BCUT2D eigenvalue weighted by molar-refractivity contribution is 0.861. The Morgan fingerprint density at radius 3 is 2.57 bits per heavy atom. The Kier molecular flexibility index (Phi) is 3.78. The van der Waals surface area contributed by atoms with Crippen molar-refractivity contribution < 1.29 is 0 Å². The number of hydrogen-bond donors (Lipinski definition) is 1. The largest absolute Gasteiger partial charge is 0.320 e. The first-order chi connectivity index (χ1) is 10.1. The second kappa shape index (κ2) is 5.72. The van der Waals surface area contributed by atoms with Crippen molar-refractivity contribution in [2.24, 2.45) is 5.73 Å². The molecule has 0 aliphatic rings. The zero-order chi connectivity index (χ0) is 14.8. The van der Waals surface area contributed by atoms with E-state index in [1.165, 1.54) is 0 Å². The smallest absolute Gasteiger partial charge is 0.0645 e. The maximum Gasteiger partial charge on any atom is 0.0645 e. The lowest BCUT2D eigenvalue weighted by Crippen LogP contribution is -2.11. The lowest BCUT2D eigenvalue weighted by Gasteiger charge is -2.11. The second-order valence-electron chi connectivity index (χ2n) is 5.04. The lowest BCUT2D eigenvalue weighted by atomic mass is 10.0. The van der Waals surface area contributed by atoms with E-state index in [1.807, 2.05) is 66.3 Å². The summed E-state index contributed by atoms with van der Waals surface area (Å²) in [5.74, 6) is 0. The third kappa shape index (κ3) is 2.84. The van der Waals surface area contributed by atoms with Crippen LogP contribution in [0.15, 0.2) is 60.9 Å². The van der Waals surface area contributed by atoms with Gasteiger partial charge in [0.05, 0.1) is 17.9 Å². The fraction of sp³-hybridized carbons (Fsp3) is 0.118. The number of nitrogens with zero attached hydrogens (tertiary/aromatic N) is 2. The standard InChI is InChI=1S/C17H16ClN3/c1-12-7-8-13(9-16(12)18)17(19)14-10-20-21(11-14)15-5-3-2-4-6-15/h2-11,17H,19H2,1H3. The van der Waals surface area contributed by atoms with E-state index < -0.39 is 0 Å². The number of hydrogen-bond acceptors (Lipinski definition) is 2. The molecule has 0 fully saturated rings. The van der Waals surface area contributed by atoms with Crippen LogP contribution in [0.4, 0.5) is 0 Å². The molecule has 2 N–H and O–H groups in total. The van der Waals surface area contributed by atoms with Crippen LogP contribution >= 0.6 is 11.6 Å². The van der Waals surface area contributed by atoms with Crippen LogP contribution in [0.5, 0.6) is 0 Å². The Morgan fingerprint density at radius 1 is 1.10 bits per heavy atom. The molecular formula is C17H16ClN3. The van der Waals surface area contributed by atoms with Crippen molar-refractivity contribution in [1.82, 2.24) is 9.78 Å². The summed E-state index contributed by atoms with van der Waals surface area (Å²) in [6, 6.07) is 15.6. The number of rotatable bonds is 3. The van der Waals surface area contributed by atoms with Crippen LogP contribution in [0, 0.1) is 6.92 Å². The Balaban J connectivity index is 1.90. The van der Waals surface area contributed by atoms with E-state index in [4.69, 9.17) is 17.3 Å². The number of benzene rings is 2. The third-order valence-electron chi connectivity index (χ3n) is 3.54. The van der Waals surface area contributed by atoms with Gasteiger partial charge in [-0.25, -0.2) is 4.68 Å². The fourth-order valence-electron chi connectivity index (χ4n) is 2.21. The fourth-order valence-corrected chi connectivity index (χ4v) is 2.40. The molecule has 3 aromatic rings. The highest BCUT2D eigenvalue weighted by atomic mass is 35.5. The van der Waals surface area contributed by atoms with E-state index in [-0.39, 0.29) is 6.04 Å². The van der Waals surface area contributed by atoms with Gasteiger partial charge >= 0.3 is 0 Å². The highest BCUT2D eigenvalue weighted by molar-refractivity contribution is 6.31. The Labute approximate surface area is 129 Å². The monoisotopic (exact) mass is 297 g/mol. The normalized spacial score (nSPS) is 12.3. The predicted octanol–water partition coefficient (Wildman–Crippen LogP) is 3.88. The van der Waals surface area contributed by atoms with Crippen molar-refractivity contribution in [2.75, 3.05) is 0 Å². The highest BCUT2D eigenvalue weighted by Gasteiger charge is 2.12. The average molecular weight is 298 g/mol. The van der Waals surface area contributed by atoms with Crippen LogP contribution in [0.2, 0.25) is 5.02 Å². The van der Waals surface area contributed by atoms with E-state index in [1.54, 1.807) is 6.20 Å². The van der Waals surface area contributed by atoms with E-state index in [0.29, 0.717) is 0 Å². The van der Waals surface area contributed by atoms with E-state index in [0.717, 1.165) is 27.4 Å². The molecule has 0 radical (unpaired) electrons. The molecule has 1 atom stereocenters. The molecule has 0 spiro atoms. The molecule has 106 valence electrons. The number of halogens is 1. The van der Waals surface area contributed by atoms with Crippen molar-refractivity contribution in [2.45, 2.75) is 13.0 Å². The minimum atomic E-state index is -0.236. The minimum Gasteiger partial charge on any atom is -0.320 e. The van der Waals surface area contributed by atoms with Crippen LogP contribution in [-0.2, 0) is 0 Å². The van der Waals surface area contributed by atoms with Gasteiger partial charge in [0.1, 0.15) is 0 Å². The van der Waals surface area contributed by atoms with Gasteiger partial charge in [-0.05, 0) is 36.2 Å². The van der Waals surface area contributed by atoms with E-state index >= 15 is 0 Å². The van der Waals surface area contributed by atoms with Gasteiger partial charge < -0.3 is 5.73 Å². The van der Waals surface area contributed by atoms with Gasteiger partial charge in [0, 0.05) is 16.8 Å². The minimum absolute atomic E-state index is 0.236. The molecule has 1 aromatic heterocycles. The molecule has 3 rings (SSSR count). The molecule has 2 aromatic carbocycles. The van der Waals surface area contributed by atoms with Crippen LogP contribution in [-0.4, -0.2) is 9.78 Å². The summed E-state index contributed by atoms with van der Waals surface area (Å²) < 4.78 is 1.82. The molecular weight excluding hydrogens is 282 g/mol. The summed E-state index contributed by atoms with van der Waals surface area (Å²) in [7, 11) is 0. The van der Waals surface area contributed by atoms with Crippen molar-refractivity contribution in [3.8, 4) is 5.69 Å². The molecule has 3 nitrogen and oxygen atoms in total. The van der Waals surface area contributed by atoms with Gasteiger partial charge in [-0.3, -0.25) is 0 Å². The highest BCUT2D eigenvalue weighted by Crippen LogP contribution is 2.24. The van der Waals surface area contributed by atoms with Gasteiger partial charge in [-0.15, -0.1) is 0 Å². The molecule has 4 heteroatoms. The molecule has 21 heavy (non-hydrogen) atoms. The summed E-state index contributed by atoms with van der Waals surface area (Å²) in [5, 5.41) is 5.11. The molecule has 1 heterocycles. The number of nitrogens with two attached hydrogens (primary N) is 1. The van der Waals surface area contributed by atoms with Gasteiger partial charge in [0.2, 0.25) is 0 Å². The quantitative estimate of drug-likeness (QED) is 0.797. The molecule has 0 saturated carbocycles. The predicted molar refractivity (Wildman–Crippen MR) is 85.8 cm³/mol. The summed E-state index contributed by atoms with van der Waals surface area (Å²) in [6.07, 6.45) is 3.75. The molecule has 1 unspecified atom stereocenters. The Bertz CT molecular complexity index is 750. The molecule has 0 amide bonds. The number of para-hydroxylation sites is 1. The van der Waals surface area contributed by atoms with Crippen molar-refractivity contribution in [3.05, 3.63) is 82.6 Å². The average Bonchev–Trinajstić information content (AvgIpc) is 3.00. The molecule has 0 aliphatic heterocycles. The van der Waals surface area contributed by atoms with Crippen LogP contribution in [0.3, 0.4) is 0 Å². The van der Waals surface area contributed by atoms with E-state index in [2.05, 4.69) is 5.10 Å². The van der Waals surface area contributed by atoms with Gasteiger partial charge in [-0.2, -0.15) is 5.10 Å². The summed E-state index contributed by atoms with van der Waals surface area (Å²) >= 11 is 6.17. The first-order valence-corrected chi connectivity index (χ1v) is 7.14. The first-order valence-electron chi connectivity index (χ1n) is 6.77. The summed E-state index contributed by atoms with van der Waals surface area (Å²) in [6.45, 7) is 1.98. The summed E-state index contributed by atoms with van der Waals surface area (Å²) in [5.41, 5.74) is 10.3. The second-order valence-corrected chi connectivity index (χ2v) is 5.45. The molecule has 0 aliphatic carbocycles. The van der Waals surface area contributed by atoms with Crippen molar-refractivity contribution in [1.29, 1.82) is 0 Å². The third-order valence-corrected chi connectivity index (χ3v) is 3.94. The SMILES string of the molecule is Cc1ccc(C(N)c2cnn(-c3ccccc3)c2)cc1Cl. The van der Waals surface area contributed by atoms with Crippen LogP contribution in [0.1, 0.15) is 22.7 Å². The summed E-state index contributed by atoms with van der Waals surface area (Å²) in [4.78, 5) is 0. The van der Waals surface area contributed by atoms with Gasteiger partial charge in [0.15, 0.2) is 0 Å². The Morgan fingerprint density at radius 2 is 1.86 bits per heavy atom. The number of aryl methyl sites for hydroxylation is 1. The van der Waals surface area contributed by atoms with Crippen molar-refractivity contribution >= 4 is 11.6 Å². The van der Waals surface area contributed by atoms with Gasteiger partial charge in [-0.1, -0.05) is 41.9 Å². The van der Waals surface area contributed by atoms with Gasteiger partial charge in [0.25, 0.3) is 0 Å². The Hall–Kier alpha value is -2.10. The molecule has 0 saturated heterocycles. The number of aromatic nitrogens is 2. The first kappa shape index (κ1) is 13.9.